The molecule has 25 heavy (non-hydrogen) atoms. The van der Waals surface area contributed by atoms with Crippen molar-refractivity contribution in [2.45, 2.75) is 13.2 Å². The van der Waals surface area contributed by atoms with Crippen molar-refractivity contribution in [2.24, 2.45) is 5.92 Å². The highest BCUT2D eigenvalue weighted by Crippen LogP contribution is 2.17. The number of benzene rings is 1. The second-order valence-corrected chi connectivity index (χ2v) is 5.48. The zero-order chi connectivity index (χ0) is 17.6. The van der Waals surface area contributed by atoms with Crippen LogP contribution in [0, 0.1) is 29.4 Å². The number of nitrogens with zero attached hydrogens (tertiary/aromatic N) is 2. The Bertz CT molecular complexity index is 818. The van der Waals surface area contributed by atoms with E-state index in [4.69, 9.17) is 9.47 Å². The summed E-state index contributed by atoms with van der Waals surface area (Å²) in [5.41, 5.74) is 0.974. The van der Waals surface area contributed by atoms with Gasteiger partial charge in [-0.3, -0.25) is 0 Å². The number of halogens is 2. The van der Waals surface area contributed by atoms with E-state index in [1.807, 2.05) is 19.1 Å². The highest BCUT2D eigenvalue weighted by atomic mass is 19.2. The van der Waals surface area contributed by atoms with Gasteiger partial charge in [0.15, 0.2) is 17.5 Å². The number of hydrogen-bond acceptors (Lipinski definition) is 4. The summed E-state index contributed by atoms with van der Waals surface area (Å²) >= 11 is 0. The maximum absolute atomic E-state index is 13.3. The van der Waals surface area contributed by atoms with Crippen LogP contribution in [0.1, 0.15) is 12.5 Å². The molecule has 2 heterocycles. The summed E-state index contributed by atoms with van der Waals surface area (Å²) in [5.74, 6) is 4.45. The van der Waals surface area contributed by atoms with E-state index in [9.17, 15) is 8.78 Å². The molecule has 0 N–H and O–H groups in total. The van der Waals surface area contributed by atoms with Crippen LogP contribution in [0.3, 0.4) is 0 Å². The molecule has 1 aliphatic heterocycles. The molecule has 1 saturated heterocycles. The Kier molecular flexibility index (Phi) is 5.49. The molecule has 1 fully saturated rings. The van der Waals surface area contributed by atoms with Gasteiger partial charge in [0.05, 0.1) is 18.8 Å². The first kappa shape index (κ1) is 17.2. The predicted octanol–water partition coefficient (Wildman–Crippen LogP) is 3.34. The lowest BCUT2D eigenvalue weighted by atomic mass is 10.1. The second kappa shape index (κ2) is 7.97. The maximum atomic E-state index is 13.3. The molecule has 3 rings (SSSR count). The summed E-state index contributed by atoms with van der Waals surface area (Å²) in [4.78, 5) is 8.25. The zero-order valence-electron chi connectivity index (χ0n) is 13.6. The largest absolute Gasteiger partial charge is 0.341 e. The zero-order valence-corrected chi connectivity index (χ0v) is 13.6. The molecule has 0 saturated carbocycles. The Hall–Kier alpha value is -2.62. The molecule has 0 amide bonds. The molecular formula is C19H16F2N2O2. The Balaban J connectivity index is 1.65. The fourth-order valence-corrected chi connectivity index (χ4v) is 2.30. The summed E-state index contributed by atoms with van der Waals surface area (Å²) in [6, 6.07) is 3.52. The molecule has 128 valence electrons. The average molecular weight is 342 g/mol. The van der Waals surface area contributed by atoms with Gasteiger partial charge in [0.1, 0.15) is 0 Å². The van der Waals surface area contributed by atoms with E-state index in [2.05, 4.69) is 21.8 Å². The third kappa shape index (κ3) is 4.47. The minimum Gasteiger partial charge on any atom is -0.341 e. The van der Waals surface area contributed by atoms with Crippen LogP contribution in [0.4, 0.5) is 8.78 Å². The first-order valence-corrected chi connectivity index (χ1v) is 7.80. The van der Waals surface area contributed by atoms with E-state index in [0.29, 0.717) is 30.2 Å². The van der Waals surface area contributed by atoms with Crippen molar-refractivity contribution in [2.75, 3.05) is 13.2 Å². The molecular weight excluding hydrogens is 326 g/mol. The summed E-state index contributed by atoms with van der Waals surface area (Å²) < 4.78 is 37.3. The number of allylic oxidation sites excluding steroid dienone is 1. The highest BCUT2D eigenvalue weighted by Gasteiger charge is 2.18. The quantitative estimate of drug-likeness (QED) is 0.620. The van der Waals surface area contributed by atoms with Crippen molar-refractivity contribution in [1.29, 1.82) is 0 Å². The molecule has 2 aromatic rings. The van der Waals surface area contributed by atoms with E-state index >= 15 is 0 Å². The number of rotatable bonds is 2. The minimum absolute atomic E-state index is 0.252. The molecule has 1 aliphatic rings. The Morgan fingerprint density at radius 1 is 1.12 bits per heavy atom. The third-order valence-electron chi connectivity index (χ3n) is 3.55. The fourth-order valence-electron chi connectivity index (χ4n) is 2.30. The van der Waals surface area contributed by atoms with Crippen LogP contribution in [0.25, 0.3) is 11.4 Å². The SMILES string of the molecule is CC=C[C@H]1CO[C@H](C#Cc2cnc(-c3ccc(F)c(F)c3)nc2)OC1. The highest BCUT2D eigenvalue weighted by molar-refractivity contribution is 5.55. The first-order valence-electron chi connectivity index (χ1n) is 7.80. The number of ether oxygens (including phenoxy) is 2. The van der Waals surface area contributed by atoms with Crippen molar-refractivity contribution < 1.29 is 18.3 Å². The average Bonchev–Trinajstić information content (AvgIpc) is 2.64. The van der Waals surface area contributed by atoms with Gasteiger partial charge in [0.2, 0.25) is 6.29 Å². The molecule has 0 spiro atoms. The Morgan fingerprint density at radius 3 is 2.48 bits per heavy atom. The van der Waals surface area contributed by atoms with Gasteiger partial charge in [-0.25, -0.2) is 18.7 Å². The van der Waals surface area contributed by atoms with Gasteiger partial charge in [-0.1, -0.05) is 18.1 Å². The lowest BCUT2D eigenvalue weighted by molar-refractivity contribution is -0.160. The monoisotopic (exact) mass is 342 g/mol. The lowest BCUT2D eigenvalue weighted by Gasteiger charge is -2.24. The van der Waals surface area contributed by atoms with Crippen LogP contribution in [-0.2, 0) is 9.47 Å². The van der Waals surface area contributed by atoms with Crippen molar-refractivity contribution in [1.82, 2.24) is 9.97 Å². The molecule has 1 aromatic carbocycles. The summed E-state index contributed by atoms with van der Waals surface area (Å²) in [6.45, 7) is 3.08. The van der Waals surface area contributed by atoms with E-state index in [1.165, 1.54) is 18.5 Å². The van der Waals surface area contributed by atoms with Gasteiger partial charge >= 0.3 is 0 Å². The van der Waals surface area contributed by atoms with Gasteiger partial charge < -0.3 is 9.47 Å². The van der Waals surface area contributed by atoms with Crippen LogP contribution in [0.15, 0.2) is 42.7 Å². The van der Waals surface area contributed by atoms with Gasteiger partial charge in [-0.15, -0.1) is 0 Å². The Morgan fingerprint density at radius 2 is 1.84 bits per heavy atom. The van der Waals surface area contributed by atoms with E-state index in [-0.39, 0.29) is 5.92 Å². The topological polar surface area (TPSA) is 44.2 Å². The third-order valence-corrected chi connectivity index (χ3v) is 3.55. The lowest BCUT2D eigenvalue weighted by Crippen LogP contribution is -2.30. The summed E-state index contributed by atoms with van der Waals surface area (Å²) in [5, 5.41) is 0. The molecule has 0 radical (unpaired) electrons. The van der Waals surface area contributed by atoms with E-state index in [0.717, 1.165) is 12.1 Å². The summed E-state index contributed by atoms with van der Waals surface area (Å²) in [7, 11) is 0. The van der Waals surface area contributed by atoms with Gasteiger partial charge in [-0.2, -0.15) is 0 Å². The molecule has 6 heteroatoms. The van der Waals surface area contributed by atoms with Crippen LogP contribution >= 0.6 is 0 Å². The summed E-state index contributed by atoms with van der Waals surface area (Å²) in [6.07, 6.45) is 6.46. The number of hydrogen-bond donors (Lipinski definition) is 0. The maximum Gasteiger partial charge on any atom is 0.222 e. The van der Waals surface area contributed by atoms with Crippen molar-refractivity contribution in [3.63, 3.8) is 0 Å². The molecule has 1 aromatic heterocycles. The van der Waals surface area contributed by atoms with E-state index in [1.54, 1.807) is 0 Å². The van der Waals surface area contributed by atoms with Gasteiger partial charge in [-0.05, 0) is 31.0 Å². The number of aromatic nitrogens is 2. The molecule has 0 unspecified atom stereocenters. The van der Waals surface area contributed by atoms with Crippen LogP contribution < -0.4 is 0 Å². The van der Waals surface area contributed by atoms with Crippen molar-refractivity contribution in [3.05, 3.63) is 59.9 Å². The van der Waals surface area contributed by atoms with Gasteiger partial charge in [0.25, 0.3) is 0 Å². The molecule has 4 nitrogen and oxygen atoms in total. The first-order chi connectivity index (χ1) is 12.2. The normalized spacial score (nSPS) is 20.3. The van der Waals surface area contributed by atoms with Crippen LogP contribution in [-0.4, -0.2) is 29.5 Å². The Labute approximate surface area is 144 Å². The van der Waals surface area contributed by atoms with E-state index < -0.39 is 17.9 Å². The van der Waals surface area contributed by atoms with Crippen LogP contribution in [0.5, 0.6) is 0 Å². The molecule has 0 bridgehead atoms. The smallest absolute Gasteiger partial charge is 0.222 e. The second-order valence-electron chi connectivity index (χ2n) is 5.48. The molecule has 0 aliphatic carbocycles. The minimum atomic E-state index is -0.937. The van der Waals surface area contributed by atoms with Gasteiger partial charge in [0, 0.05) is 23.9 Å². The van der Waals surface area contributed by atoms with Crippen molar-refractivity contribution in [3.8, 4) is 23.2 Å². The standard InChI is InChI=1S/C19H16F2N2O2/c1-2-3-14-11-24-18(25-12-14)7-4-13-9-22-19(23-10-13)15-5-6-16(20)17(21)8-15/h2-3,5-6,8-10,14,18H,11-12H2,1H3/t14-,18-. The molecule has 0 atom stereocenters. The fraction of sp³-hybridized carbons (Fsp3) is 0.263. The van der Waals surface area contributed by atoms with Crippen LogP contribution in [0.2, 0.25) is 0 Å². The van der Waals surface area contributed by atoms with Crippen molar-refractivity contribution >= 4 is 0 Å². The predicted molar refractivity (Wildman–Crippen MR) is 88.3 cm³/mol.